The minimum Gasteiger partial charge on any atom is -0.481 e. The van der Waals surface area contributed by atoms with Gasteiger partial charge in [0.2, 0.25) is 10.0 Å². The minimum absolute atomic E-state index is 0.0772. The van der Waals surface area contributed by atoms with Crippen LogP contribution in [0.2, 0.25) is 0 Å². The Morgan fingerprint density at radius 1 is 1.39 bits per heavy atom. The number of carboxylic acid groups (broad SMARTS) is 1. The maximum Gasteiger partial charge on any atom is 0.306 e. The van der Waals surface area contributed by atoms with Gasteiger partial charge in [0.1, 0.15) is 0 Å². The molecular weight excluding hydrogens is 332 g/mol. The van der Waals surface area contributed by atoms with E-state index in [0.717, 1.165) is 24.3 Å². The van der Waals surface area contributed by atoms with Crippen LogP contribution in [0.1, 0.15) is 24.8 Å². The van der Waals surface area contributed by atoms with E-state index in [4.69, 9.17) is 9.84 Å². The standard InChI is InChI=1S/C14H17F2NO5S/c1-22-14(6-10(7-14)13(18)19)8-17-23(20,21)11-4-2-9(3-5-11)12(15)16/h2-5,10,12,17H,6-8H2,1H3,(H,18,19). The Morgan fingerprint density at radius 3 is 2.39 bits per heavy atom. The van der Waals surface area contributed by atoms with Crippen LogP contribution in [0.3, 0.4) is 0 Å². The number of carbonyl (C=O) groups is 1. The molecule has 0 heterocycles. The first-order valence-corrected chi connectivity index (χ1v) is 8.33. The summed E-state index contributed by atoms with van der Waals surface area (Å²) >= 11 is 0. The molecule has 0 bridgehead atoms. The number of halogens is 2. The molecule has 1 aromatic rings. The van der Waals surface area contributed by atoms with Crippen molar-refractivity contribution >= 4 is 16.0 Å². The van der Waals surface area contributed by atoms with Crippen LogP contribution in [0.4, 0.5) is 8.78 Å². The van der Waals surface area contributed by atoms with E-state index < -0.39 is 33.9 Å². The highest BCUT2D eigenvalue weighted by molar-refractivity contribution is 7.89. The highest BCUT2D eigenvalue weighted by Crippen LogP contribution is 2.40. The fraction of sp³-hybridized carbons (Fsp3) is 0.500. The van der Waals surface area contributed by atoms with Gasteiger partial charge in [0.25, 0.3) is 6.43 Å². The largest absolute Gasteiger partial charge is 0.481 e. The van der Waals surface area contributed by atoms with Crippen LogP contribution in [0, 0.1) is 5.92 Å². The predicted molar refractivity (Wildman–Crippen MR) is 76.7 cm³/mol. The summed E-state index contributed by atoms with van der Waals surface area (Å²) in [4.78, 5) is 10.7. The second-order valence-electron chi connectivity index (χ2n) is 5.52. The first kappa shape index (κ1) is 17.8. The van der Waals surface area contributed by atoms with Crippen LogP contribution in [-0.4, -0.2) is 38.7 Å². The van der Waals surface area contributed by atoms with Gasteiger partial charge in [-0.2, -0.15) is 0 Å². The van der Waals surface area contributed by atoms with Crippen LogP contribution in [0.5, 0.6) is 0 Å². The van der Waals surface area contributed by atoms with Gasteiger partial charge in [-0.15, -0.1) is 0 Å². The number of sulfonamides is 1. The number of nitrogens with one attached hydrogen (secondary N) is 1. The van der Waals surface area contributed by atoms with Gasteiger partial charge in [0.05, 0.1) is 16.4 Å². The van der Waals surface area contributed by atoms with E-state index in [0.29, 0.717) is 0 Å². The average Bonchev–Trinajstić information content (AvgIpc) is 2.46. The Morgan fingerprint density at radius 2 is 1.96 bits per heavy atom. The molecule has 0 spiro atoms. The number of hydrogen-bond acceptors (Lipinski definition) is 4. The monoisotopic (exact) mass is 349 g/mol. The molecule has 1 saturated carbocycles. The number of ether oxygens (including phenoxy) is 1. The van der Waals surface area contributed by atoms with Crippen molar-refractivity contribution in [1.29, 1.82) is 0 Å². The topological polar surface area (TPSA) is 92.7 Å². The molecule has 1 fully saturated rings. The molecule has 0 aromatic heterocycles. The molecule has 0 atom stereocenters. The zero-order valence-corrected chi connectivity index (χ0v) is 13.1. The van der Waals surface area contributed by atoms with Gasteiger partial charge in [-0.3, -0.25) is 4.79 Å². The first-order valence-electron chi connectivity index (χ1n) is 6.85. The minimum atomic E-state index is -3.88. The fourth-order valence-corrected chi connectivity index (χ4v) is 3.61. The SMILES string of the molecule is COC1(CNS(=O)(=O)c2ccc(C(F)F)cc2)CC(C(=O)O)C1. The third kappa shape index (κ3) is 3.85. The van der Waals surface area contributed by atoms with Crippen molar-refractivity contribution in [1.82, 2.24) is 4.72 Å². The third-order valence-corrected chi connectivity index (χ3v) is 5.46. The summed E-state index contributed by atoms with van der Waals surface area (Å²) in [6.45, 7) is -0.0772. The molecule has 23 heavy (non-hydrogen) atoms. The van der Waals surface area contributed by atoms with Gasteiger partial charge in [0.15, 0.2) is 0 Å². The Hall–Kier alpha value is -1.58. The number of aliphatic carboxylic acids is 1. The molecule has 0 amide bonds. The predicted octanol–water partition coefficient (Wildman–Crippen LogP) is 1.78. The van der Waals surface area contributed by atoms with Crippen molar-refractivity contribution in [3.05, 3.63) is 29.8 Å². The van der Waals surface area contributed by atoms with Crippen molar-refractivity contribution in [2.75, 3.05) is 13.7 Å². The number of carboxylic acids is 1. The summed E-state index contributed by atoms with van der Waals surface area (Å²) in [5.41, 5.74) is -1.11. The molecule has 1 aromatic carbocycles. The van der Waals surface area contributed by atoms with Crippen molar-refractivity contribution in [3.63, 3.8) is 0 Å². The maximum absolute atomic E-state index is 12.5. The van der Waals surface area contributed by atoms with E-state index in [1.165, 1.54) is 7.11 Å². The van der Waals surface area contributed by atoms with Gasteiger partial charge in [-0.1, -0.05) is 12.1 Å². The fourth-order valence-electron chi connectivity index (χ4n) is 2.50. The summed E-state index contributed by atoms with van der Waals surface area (Å²) in [6, 6.07) is 4.30. The zero-order chi connectivity index (χ0) is 17.3. The van der Waals surface area contributed by atoms with E-state index in [1.54, 1.807) is 0 Å². The van der Waals surface area contributed by atoms with E-state index in [1.807, 2.05) is 0 Å². The second kappa shape index (κ2) is 6.50. The van der Waals surface area contributed by atoms with Crippen molar-refractivity contribution in [2.24, 2.45) is 5.92 Å². The van der Waals surface area contributed by atoms with Gasteiger partial charge in [-0.25, -0.2) is 21.9 Å². The Balaban J connectivity index is 2.02. The molecule has 0 unspecified atom stereocenters. The molecule has 2 N–H and O–H groups in total. The second-order valence-corrected chi connectivity index (χ2v) is 7.29. The average molecular weight is 349 g/mol. The van der Waals surface area contributed by atoms with Crippen LogP contribution in [-0.2, 0) is 19.6 Å². The zero-order valence-electron chi connectivity index (χ0n) is 12.3. The first-order chi connectivity index (χ1) is 10.7. The quantitative estimate of drug-likeness (QED) is 0.783. The van der Waals surface area contributed by atoms with Gasteiger partial charge in [0, 0.05) is 19.2 Å². The normalized spacial score (nSPS) is 24.4. The Bertz CT molecular complexity index is 669. The van der Waals surface area contributed by atoms with Crippen molar-refractivity contribution < 1.29 is 31.8 Å². The van der Waals surface area contributed by atoms with E-state index in [2.05, 4.69) is 4.72 Å². The highest BCUT2D eigenvalue weighted by atomic mass is 32.2. The molecule has 1 aliphatic carbocycles. The molecule has 0 radical (unpaired) electrons. The molecule has 6 nitrogen and oxygen atoms in total. The highest BCUT2D eigenvalue weighted by Gasteiger charge is 2.48. The lowest BCUT2D eigenvalue weighted by atomic mass is 9.71. The van der Waals surface area contributed by atoms with Gasteiger partial charge in [-0.05, 0) is 25.0 Å². The van der Waals surface area contributed by atoms with E-state index in [-0.39, 0.29) is 29.8 Å². The van der Waals surface area contributed by atoms with Gasteiger partial charge < -0.3 is 9.84 Å². The Kier molecular flexibility index (Phi) is 5.02. The number of hydrogen-bond donors (Lipinski definition) is 2. The lowest BCUT2D eigenvalue weighted by Gasteiger charge is -2.44. The Labute approximate surface area is 132 Å². The lowest BCUT2D eigenvalue weighted by Crippen LogP contribution is -2.55. The van der Waals surface area contributed by atoms with Crippen molar-refractivity contribution in [2.45, 2.75) is 29.8 Å². The molecule has 1 aliphatic rings. The van der Waals surface area contributed by atoms with E-state index in [9.17, 15) is 22.0 Å². The lowest BCUT2D eigenvalue weighted by molar-refractivity contribution is -0.161. The van der Waals surface area contributed by atoms with Crippen LogP contribution < -0.4 is 4.72 Å². The van der Waals surface area contributed by atoms with Crippen LogP contribution in [0.15, 0.2) is 29.2 Å². The number of methoxy groups -OCH3 is 1. The molecular formula is C14H17F2NO5S. The molecule has 0 aliphatic heterocycles. The number of rotatable bonds is 7. The summed E-state index contributed by atoms with van der Waals surface area (Å²) in [5, 5.41) is 8.88. The smallest absolute Gasteiger partial charge is 0.306 e. The van der Waals surface area contributed by atoms with Crippen molar-refractivity contribution in [3.8, 4) is 0 Å². The van der Waals surface area contributed by atoms with Crippen LogP contribution in [0.25, 0.3) is 0 Å². The maximum atomic E-state index is 12.5. The molecule has 128 valence electrons. The number of benzene rings is 1. The molecule has 9 heteroatoms. The third-order valence-electron chi connectivity index (χ3n) is 4.05. The van der Waals surface area contributed by atoms with Crippen LogP contribution >= 0.6 is 0 Å². The summed E-state index contributed by atoms with van der Waals surface area (Å²) < 4.78 is 56.9. The molecule has 2 rings (SSSR count). The summed E-state index contributed by atoms with van der Waals surface area (Å²) in [5.74, 6) is -1.49. The van der Waals surface area contributed by atoms with E-state index >= 15 is 0 Å². The summed E-state index contributed by atoms with van der Waals surface area (Å²) in [6.07, 6.45) is -2.24. The van der Waals surface area contributed by atoms with Gasteiger partial charge >= 0.3 is 5.97 Å². The summed E-state index contributed by atoms with van der Waals surface area (Å²) in [7, 11) is -2.49. The molecule has 0 saturated heterocycles. The number of alkyl halides is 2.